The molecule has 0 aromatic heterocycles. The molecular formula is C12H26O3. The summed E-state index contributed by atoms with van der Waals surface area (Å²) in [6.45, 7) is 11.3. The van der Waals surface area contributed by atoms with Gasteiger partial charge in [0.2, 0.25) is 0 Å². The maximum absolute atomic E-state index is 5.68. The van der Waals surface area contributed by atoms with Crippen LogP contribution in [-0.4, -0.2) is 39.6 Å². The lowest BCUT2D eigenvalue weighted by atomic mass is 10.2. The van der Waals surface area contributed by atoms with Crippen LogP contribution < -0.4 is 0 Å². The monoisotopic (exact) mass is 218 g/mol. The van der Waals surface area contributed by atoms with E-state index in [0.29, 0.717) is 25.0 Å². The third kappa shape index (κ3) is 10.2. The van der Waals surface area contributed by atoms with E-state index in [2.05, 4.69) is 27.7 Å². The van der Waals surface area contributed by atoms with Crippen molar-refractivity contribution in [2.75, 3.05) is 33.5 Å². The van der Waals surface area contributed by atoms with Crippen molar-refractivity contribution in [1.29, 1.82) is 0 Å². The average molecular weight is 218 g/mol. The molecule has 0 spiro atoms. The Bertz CT molecular complexity index is 135. The van der Waals surface area contributed by atoms with Crippen molar-refractivity contribution in [1.82, 2.24) is 0 Å². The minimum absolute atomic E-state index is 0.0659. The van der Waals surface area contributed by atoms with Gasteiger partial charge in [-0.3, -0.25) is 0 Å². The summed E-state index contributed by atoms with van der Waals surface area (Å²) in [5, 5.41) is 0. The van der Waals surface area contributed by atoms with Crippen molar-refractivity contribution >= 4 is 0 Å². The minimum atomic E-state index is 0.0659. The lowest BCUT2D eigenvalue weighted by Gasteiger charge is -2.19. The lowest BCUT2D eigenvalue weighted by molar-refractivity contribution is -0.0618. The normalized spacial score (nSPS) is 13.8. The zero-order chi connectivity index (χ0) is 11.7. The molecule has 15 heavy (non-hydrogen) atoms. The minimum Gasteiger partial charge on any atom is -0.382 e. The second-order valence-corrected chi connectivity index (χ2v) is 4.74. The molecule has 0 heterocycles. The fraction of sp³-hybridized carbons (Fsp3) is 1.00. The summed E-state index contributed by atoms with van der Waals surface area (Å²) in [5.74, 6) is 1.12. The fourth-order valence-electron chi connectivity index (χ4n) is 1.09. The molecular weight excluding hydrogens is 192 g/mol. The van der Waals surface area contributed by atoms with Crippen molar-refractivity contribution in [2.45, 2.75) is 33.8 Å². The van der Waals surface area contributed by atoms with E-state index in [1.165, 1.54) is 0 Å². The summed E-state index contributed by atoms with van der Waals surface area (Å²) >= 11 is 0. The van der Waals surface area contributed by atoms with Gasteiger partial charge < -0.3 is 14.2 Å². The van der Waals surface area contributed by atoms with Gasteiger partial charge in [0.1, 0.15) is 6.10 Å². The van der Waals surface area contributed by atoms with Crippen molar-refractivity contribution in [3.8, 4) is 0 Å². The highest BCUT2D eigenvalue weighted by atomic mass is 16.6. The number of methoxy groups -OCH3 is 1. The van der Waals surface area contributed by atoms with Crippen LogP contribution in [-0.2, 0) is 14.2 Å². The molecule has 0 aliphatic carbocycles. The van der Waals surface area contributed by atoms with Gasteiger partial charge in [-0.15, -0.1) is 0 Å². The number of hydrogen-bond donors (Lipinski definition) is 0. The second kappa shape index (κ2) is 9.13. The molecule has 3 heteroatoms. The van der Waals surface area contributed by atoms with Crippen molar-refractivity contribution in [3.63, 3.8) is 0 Å². The first kappa shape index (κ1) is 14.9. The molecule has 92 valence electrons. The van der Waals surface area contributed by atoms with Crippen LogP contribution in [0.2, 0.25) is 0 Å². The van der Waals surface area contributed by atoms with Gasteiger partial charge in [0.15, 0.2) is 0 Å². The Morgan fingerprint density at radius 1 is 0.800 bits per heavy atom. The van der Waals surface area contributed by atoms with Gasteiger partial charge in [-0.1, -0.05) is 27.7 Å². The van der Waals surface area contributed by atoms with Crippen LogP contribution in [0, 0.1) is 11.8 Å². The van der Waals surface area contributed by atoms with Crippen LogP contribution in [0.4, 0.5) is 0 Å². The Hall–Kier alpha value is -0.120. The Balaban J connectivity index is 3.62. The van der Waals surface area contributed by atoms with Crippen LogP contribution in [0.1, 0.15) is 27.7 Å². The molecule has 0 radical (unpaired) electrons. The molecule has 1 unspecified atom stereocenters. The third-order valence-electron chi connectivity index (χ3n) is 1.77. The van der Waals surface area contributed by atoms with Crippen molar-refractivity contribution in [3.05, 3.63) is 0 Å². The first-order valence-electron chi connectivity index (χ1n) is 5.74. The molecule has 0 aromatic rings. The summed E-state index contributed by atoms with van der Waals surface area (Å²) in [5.41, 5.74) is 0. The summed E-state index contributed by atoms with van der Waals surface area (Å²) < 4.78 is 16.3. The molecule has 0 aromatic carbocycles. The second-order valence-electron chi connectivity index (χ2n) is 4.74. The highest BCUT2D eigenvalue weighted by Crippen LogP contribution is 2.01. The SMILES string of the molecule is COCC(COCC(C)C)OCC(C)C. The smallest absolute Gasteiger partial charge is 0.104 e. The molecule has 0 fully saturated rings. The zero-order valence-electron chi connectivity index (χ0n) is 10.8. The van der Waals surface area contributed by atoms with Crippen LogP contribution in [0.25, 0.3) is 0 Å². The fourth-order valence-corrected chi connectivity index (χ4v) is 1.09. The molecule has 3 nitrogen and oxygen atoms in total. The standard InChI is InChI=1S/C12H26O3/c1-10(2)6-14-9-12(8-13-5)15-7-11(3)4/h10-12H,6-9H2,1-5H3. The Kier molecular flexibility index (Phi) is 9.06. The third-order valence-corrected chi connectivity index (χ3v) is 1.77. The maximum Gasteiger partial charge on any atom is 0.104 e. The topological polar surface area (TPSA) is 27.7 Å². The molecule has 0 aliphatic heterocycles. The molecule has 0 bridgehead atoms. The molecule has 0 rings (SSSR count). The Morgan fingerprint density at radius 2 is 1.40 bits per heavy atom. The van der Waals surface area contributed by atoms with Crippen LogP contribution in [0.5, 0.6) is 0 Å². The first-order valence-corrected chi connectivity index (χ1v) is 5.74. The Labute approximate surface area is 94.1 Å². The predicted molar refractivity (Wildman–Crippen MR) is 62.1 cm³/mol. The molecule has 0 aliphatic rings. The van der Waals surface area contributed by atoms with Gasteiger partial charge in [-0.2, -0.15) is 0 Å². The van der Waals surface area contributed by atoms with Gasteiger partial charge in [-0.25, -0.2) is 0 Å². The highest BCUT2D eigenvalue weighted by molar-refractivity contribution is 4.56. The van der Waals surface area contributed by atoms with E-state index in [0.717, 1.165) is 13.2 Å². The molecule has 0 N–H and O–H groups in total. The number of hydrogen-bond acceptors (Lipinski definition) is 3. The van der Waals surface area contributed by atoms with E-state index in [-0.39, 0.29) is 6.10 Å². The summed E-state index contributed by atoms with van der Waals surface area (Å²) in [4.78, 5) is 0. The molecule has 0 saturated carbocycles. The summed E-state index contributed by atoms with van der Waals surface area (Å²) in [7, 11) is 1.69. The van der Waals surface area contributed by atoms with Crippen LogP contribution >= 0.6 is 0 Å². The van der Waals surface area contributed by atoms with E-state index in [1.807, 2.05) is 0 Å². The molecule has 0 saturated heterocycles. The van der Waals surface area contributed by atoms with E-state index in [9.17, 15) is 0 Å². The Morgan fingerprint density at radius 3 is 1.87 bits per heavy atom. The van der Waals surface area contributed by atoms with Crippen molar-refractivity contribution in [2.24, 2.45) is 11.8 Å². The largest absolute Gasteiger partial charge is 0.382 e. The van der Waals surface area contributed by atoms with Crippen LogP contribution in [0.3, 0.4) is 0 Å². The number of ether oxygens (including phenoxy) is 3. The molecule has 1 atom stereocenters. The van der Waals surface area contributed by atoms with Gasteiger partial charge in [-0.05, 0) is 11.8 Å². The zero-order valence-corrected chi connectivity index (χ0v) is 10.8. The van der Waals surface area contributed by atoms with Gasteiger partial charge >= 0.3 is 0 Å². The lowest BCUT2D eigenvalue weighted by Crippen LogP contribution is -2.27. The van der Waals surface area contributed by atoms with E-state index >= 15 is 0 Å². The summed E-state index contributed by atoms with van der Waals surface area (Å²) in [6.07, 6.45) is 0.0659. The van der Waals surface area contributed by atoms with E-state index in [1.54, 1.807) is 7.11 Å². The highest BCUT2D eigenvalue weighted by Gasteiger charge is 2.10. The van der Waals surface area contributed by atoms with Gasteiger partial charge in [0, 0.05) is 20.3 Å². The average Bonchev–Trinajstić information content (AvgIpc) is 2.13. The van der Waals surface area contributed by atoms with E-state index < -0.39 is 0 Å². The molecule has 0 amide bonds. The first-order chi connectivity index (χ1) is 7.06. The maximum atomic E-state index is 5.68. The van der Waals surface area contributed by atoms with E-state index in [4.69, 9.17) is 14.2 Å². The number of rotatable bonds is 9. The van der Waals surface area contributed by atoms with Crippen molar-refractivity contribution < 1.29 is 14.2 Å². The summed E-state index contributed by atoms with van der Waals surface area (Å²) in [6, 6.07) is 0. The quantitative estimate of drug-likeness (QED) is 0.594. The predicted octanol–water partition coefficient (Wildman–Crippen LogP) is 2.35. The van der Waals surface area contributed by atoms with Gasteiger partial charge in [0.25, 0.3) is 0 Å². The van der Waals surface area contributed by atoms with Crippen LogP contribution in [0.15, 0.2) is 0 Å². The van der Waals surface area contributed by atoms with Gasteiger partial charge in [0.05, 0.1) is 13.2 Å².